The second-order valence-electron chi connectivity index (χ2n) is 2.89. The molecule has 0 unspecified atom stereocenters. The van der Waals surface area contributed by atoms with E-state index in [1.54, 1.807) is 0 Å². The molecule has 0 saturated heterocycles. The van der Waals surface area contributed by atoms with Gasteiger partial charge in [0.25, 0.3) is 0 Å². The third-order valence-electron chi connectivity index (χ3n) is 1.26. The van der Waals surface area contributed by atoms with Gasteiger partial charge in [0.15, 0.2) is 0 Å². The maximum atomic E-state index is 9.91. The van der Waals surface area contributed by atoms with Crippen LogP contribution in [0.5, 0.6) is 0 Å². The van der Waals surface area contributed by atoms with Crippen molar-refractivity contribution in [3.8, 4) is 11.8 Å². The van der Waals surface area contributed by atoms with Gasteiger partial charge in [-0.2, -0.15) is 0 Å². The van der Waals surface area contributed by atoms with Crippen molar-refractivity contribution < 1.29 is 4.79 Å². The van der Waals surface area contributed by atoms with E-state index in [1.165, 1.54) is 0 Å². The lowest BCUT2D eigenvalue weighted by Gasteiger charge is -1.89. The fraction of sp³-hybridized carbons (Fsp3) is 0.700. The van der Waals surface area contributed by atoms with Crippen LogP contribution < -0.4 is 0 Å². The van der Waals surface area contributed by atoms with E-state index >= 15 is 0 Å². The quantitative estimate of drug-likeness (QED) is 0.343. The van der Waals surface area contributed by atoms with Crippen molar-refractivity contribution >= 4 is 6.29 Å². The zero-order valence-electron chi connectivity index (χ0n) is 7.39. The molecule has 0 aliphatic rings. The lowest BCUT2D eigenvalue weighted by atomic mass is 10.2. The molecular formula is C10H16O. The Kier molecular flexibility index (Phi) is 6.82. The number of rotatable bonds is 4. The molecule has 0 radical (unpaired) electrons. The first-order chi connectivity index (χ1) is 5.27. The third-order valence-corrected chi connectivity index (χ3v) is 1.26. The van der Waals surface area contributed by atoms with Crippen molar-refractivity contribution in [3.63, 3.8) is 0 Å². The fourth-order valence-electron chi connectivity index (χ4n) is 0.717. The summed E-state index contributed by atoms with van der Waals surface area (Å²) >= 11 is 0. The molecule has 0 aromatic heterocycles. The Morgan fingerprint density at radius 2 is 2.09 bits per heavy atom. The normalized spacial score (nSPS) is 9.00. The highest BCUT2D eigenvalue weighted by Crippen LogP contribution is 1.96. The zero-order valence-corrected chi connectivity index (χ0v) is 7.39. The van der Waals surface area contributed by atoms with Crippen molar-refractivity contribution in [2.75, 3.05) is 0 Å². The van der Waals surface area contributed by atoms with Crippen LogP contribution in [0.1, 0.15) is 39.5 Å². The average Bonchev–Trinajstić information content (AvgIpc) is 1.96. The van der Waals surface area contributed by atoms with E-state index in [0.29, 0.717) is 12.3 Å². The molecule has 0 aliphatic heterocycles. The molecule has 0 spiro atoms. The van der Waals surface area contributed by atoms with Crippen LogP contribution in [0.4, 0.5) is 0 Å². The second kappa shape index (κ2) is 7.34. The van der Waals surface area contributed by atoms with E-state index in [0.717, 1.165) is 25.5 Å². The predicted molar refractivity (Wildman–Crippen MR) is 47.1 cm³/mol. The number of aldehydes is 1. The maximum Gasteiger partial charge on any atom is 0.119 e. The third kappa shape index (κ3) is 9.23. The summed E-state index contributed by atoms with van der Waals surface area (Å²) in [5.41, 5.74) is 0. The number of carbonyl (C=O) groups excluding carboxylic acids is 1. The lowest BCUT2D eigenvalue weighted by molar-refractivity contribution is -0.107. The maximum absolute atomic E-state index is 9.91. The molecule has 0 bridgehead atoms. The van der Waals surface area contributed by atoms with Gasteiger partial charge >= 0.3 is 0 Å². The minimum Gasteiger partial charge on any atom is -0.303 e. The first kappa shape index (κ1) is 10.2. The molecule has 11 heavy (non-hydrogen) atoms. The molecule has 0 aliphatic carbocycles. The van der Waals surface area contributed by atoms with Crippen LogP contribution in [0, 0.1) is 17.8 Å². The molecule has 0 aromatic rings. The Hall–Kier alpha value is -0.770. The molecule has 0 saturated carbocycles. The Balaban J connectivity index is 3.15. The molecule has 62 valence electrons. The van der Waals surface area contributed by atoms with Gasteiger partial charge in [0, 0.05) is 18.8 Å². The highest BCUT2D eigenvalue weighted by molar-refractivity contribution is 5.48. The van der Waals surface area contributed by atoms with E-state index in [9.17, 15) is 4.79 Å². The van der Waals surface area contributed by atoms with E-state index in [4.69, 9.17) is 0 Å². The standard InChI is InChI=1S/C10H16O/c1-10(2)8-6-4-3-5-7-9-11/h9-10H,3-5,7H2,1-2H3. The smallest absolute Gasteiger partial charge is 0.119 e. The SMILES string of the molecule is CC(C)C#CCCCCC=O. The summed E-state index contributed by atoms with van der Waals surface area (Å²) in [7, 11) is 0. The highest BCUT2D eigenvalue weighted by atomic mass is 16.1. The van der Waals surface area contributed by atoms with Crippen LogP contribution in [0.3, 0.4) is 0 Å². The number of hydrogen-bond donors (Lipinski definition) is 0. The van der Waals surface area contributed by atoms with Crippen molar-refractivity contribution in [2.45, 2.75) is 39.5 Å². The van der Waals surface area contributed by atoms with Gasteiger partial charge in [0.2, 0.25) is 0 Å². The van der Waals surface area contributed by atoms with Gasteiger partial charge in [-0.05, 0) is 12.8 Å². The molecule has 0 atom stereocenters. The van der Waals surface area contributed by atoms with E-state index in [-0.39, 0.29) is 0 Å². The molecule has 0 N–H and O–H groups in total. The summed E-state index contributed by atoms with van der Waals surface area (Å²) in [6, 6.07) is 0. The molecule has 0 fully saturated rings. The molecule has 1 nitrogen and oxygen atoms in total. The van der Waals surface area contributed by atoms with Gasteiger partial charge < -0.3 is 4.79 Å². The van der Waals surface area contributed by atoms with Crippen LogP contribution >= 0.6 is 0 Å². The van der Waals surface area contributed by atoms with Crippen molar-refractivity contribution in [1.29, 1.82) is 0 Å². The Morgan fingerprint density at radius 1 is 1.36 bits per heavy atom. The molecule has 0 aromatic carbocycles. The highest BCUT2D eigenvalue weighted by Gasteiger charge is 1.84. The van der Waals surface area contributed by atoms with Gasteiger partial charge in [0.1, 0.15) is 6.29 Å². The van der Waals surface area contributed by atoms with Gasteiger partial charge in [-0.1, -0.05) is 13.8 Å². The summed E-state index contributed by atoms with van der Waals surface area (Å²) in [5.74, 6) is 6.64. The van der Waals surface area contributed by atoms with Crippen LogP contribution in [0.15, 0.2) is 0 Å². The Bertz CT molecular complexity index is 148. The summed E-state index contributed by atoms with van der Waals surface area (Å²) in [5, 5.41) is 0. The van der Waals surface area contributed by atoms with E-state index in [1.807, 2.05) is 0 Å². The van der Waals surface area contributed by atoms with Crippen molar-refractivity contribution in [1.82, 2.24) is 0 Å². The fourth-order valence-corrected chi connectivity index (χ4v) is 0.717. The second-order valence-corrected chi connectivity index (χ2v) is 2.89. The first-order valence-corrected chi connectivity index (χ1v) is 4.19. The molecular weight excluding hydrogens is 136 g/mol. The number of hydrogen-bond acceptors (Lipinski definition) is 1. The number of unbranched alkanes of at least 4 members (excludes halogenated alkanes) is 3. The first-order valence-electron chi connectivity index (χ1n) is 4.19. The summed E-state index contributed by atoms with van der Waals surface area (Å²) in [4.78, 5) is 9.91. The average molecular weight is 152 g/mol. The predicted octanol–water partition coefficient (Wildman–Crippen LogP) is 2.41. The summed E-state index contributed by atoms with van der Waals surface area (Å²) in [6.07, 6.45) is 4.62. The van der Waals surface area contributed by atoms with Gasteiger partial charge in [-0.15, -0.1) is 11.8 Å². The molecule has 0 heterocycles. The zero-order chi connectivity index (χ0) is 8.53. The molecule has 1 heteroatoms. The molecule has 0 amide bonds. The number of carbonyl (C=O) groups is 1. The van der Waals surface area contributed by atoms with Crippen molar-refractivity contribution in [2.24, 2.45) is 5.92 Å². The van der Waals surface area contributed by atoms with E-state index < -0.39 is 0 Å². The largest absolute Gasteiger partial charge is 0.303 e. The monoisotopic (exact) mass is 152 g/mol. The van der Waals surface area contributed by atoms with Crippen LogP contribution in [0.25, 0.3) is 0 Å². The van der Waals surface area contributed by atoms with Crippen LogP contribution in [-0.2, 0) is 4.79 Å². The summed E-state index contributed by atoms with van der Waals surface area (Å²) < 4.78 is 0. The van der Waals surface area contributed by atoms with Gasteiger partial charge in [-0.3, -0.25) is 0 Å². The Morgan fingerprint density at radius 3 is 2.64 bits per heavy atom. The van der Waals surface area contributed by atoms with Crippen molar-refractivity contribution in [3.05, 3.63) is 0 Å². The minimum atomic E-state index is 0.473. The topological polar surface area (TPSA) is 17.1 Å². The van der Waals surface area contributed by atoms with Gasteiger partial charge in [0.05, 0.1) is 0 Å². The van der Waals surface area contributed by atoms with E-state index in [2.05, 4.69) is 25.7 Å². The minimum absolute atomic E-state index is 0.473. The lowest BCUT2D eigenvalue weighted by Crippen LogP contribution is -1.79. The van der Waals surface area contributed by atoms with Crippen LogP contribution in [0.2, 0.25) is 0 Å². The van der Waals surface area contributed by atoms with Gasteiger partial charge in [-0.25, -0.2) is 0 Å². The Labute approximate surface area is 69.2 Å². The molecule has 0 rings (SSSR count). The van der Waals surface area contributed by atoms with Crippen LogP contribution in [-0.4, -0.2) is 6.29 Å². The summed E-state index contributed by atoms with van der Waals surface area (Å²) in [6.45, 7) is 4.16.